The van der Waals surface area contributed by atoms with Crippen molar-refractivity contribution in [2.45, 2.75) is 39.7 Å². The van der Waals surface area contributed by atoms with Crippen LogP contribution in [0.5, 0.6) is 17.2 Å². The normalized spacial score (nSPS) is 12.3. The van der Waals surface area contributed by atoms with Gasteiger partial charge in [0.1, 0.15) is 0 Å². The molecule has 1 N–H and O–H groups in total. The number of hydrogen-bond acceptors (Lipinski definition) is 4. The molecule has 0 aromatic heterocycles. The van der Waals surface area contributed by atoms with E-state index in [-0.39, 0.29) is 6.04 Å². The molecule has 0 spiro atoms. The molecule has 0 aliphatic carbocycles. The summed E-state index contributed by atoms with van der Waals surface area (Å²) in [6.45, 7) is 7.53. The van der Waals surface area contributed by atoms with Gasteiger partial charge in [-0.25, -0.2) is 0 Å². The summed E-state index contributed by atoms with van der Waals surface area (Å²) in [5, 5.41) is 3.54. The SMILES string of the molecule is CCNC(CCC(C)C)c1ccc(OC)c(OC)c1OC. The van der Waals surface area contributed by atoms with Crippen LogP contribution in [0.3, 0.4) is 0 Å². The highest BCUT2D eigenvalue weighted by Gasteiger charge is 2.21. The quantitative estimate of drug-likeness (QED) is 0.752. The first kappa shape index (κ1) is 17.6. The smallest absolute Gasteiger partial charge is 0.203 e. The highest BCUT2D eigenvalue weighted by Crippen LogP contribution is 2.43. The molecule has 1 atom stereocenters. The summed E-state index contributed by atoms with van der Waals surface area (Å²) in [4.78, 5) is 0. The minimum atomic E-state index is 0.257. The summed E-state index contributed by atoms with van der Waals surface area (Å²) in [6.07, 6.45) is 2.23. The van der Waals surface area contributed by atoms with Crippen LogP contribution in [0, 0.1) is 5.92 Å². The molecule has 4 nitrogen and oxygen atoms in total. The topological polar surface area (TPSA) is 39.7 Å². The molecule has 1 unspecified atom stereocenters. The number of nitrogens with one attached hydrogen (secondary N) is 1. The van der Waals surface area contributed by atoms with E-state index in [1.807, 2.05) is 6.07 Å². The summed E-state index contributed by atoms with van der Waals surface area (Å²) in [6, 6.07) is 4.26. The summed E-state index contributed by atoms with van der Waals surface area (Å²) in [5.74, 6) is 2.78. The molecule has 1 aromatic carbocycles. The van der Waals surface area contributed by atoms with Crippen LogP contribution in [0.2, 0.25) is 0 Å². The lowest BCUT2D eigenvalue weighted by molar-refractivity contribution is 0.317. The maximum atomic E-state index is 5.60. The second-order valence-corrected chi connectivity index (χ2v) is 5.51. The fourth-order valence-corrected chi connectivity index (χ4v) is 2.51. The third-order valence-electron chi connectivity index (χ3n) is 3.59. The van der Waals surface area contributed by atoms with E-state index in [0.717, 1.165) is 30.7 Å². The molecule has 0 fully saturated rings. The average Bonchev–Trinajstić information content (AvgIpc) is 2.49. The zero-order valence-corrected chi connectivity index (χ0v) is 14.2. The van der Waals surface area contributed by atoms with Crippen LogP contribution in [-0.2, 0) is 0 Å². The molecular formula is C17H29NO3. The summed E-state index contributed by atoms with van der Waals surface area (Å²) in [5.41, 5.74) is 1.12. The van der Waals surface area contributed by atoms with Crippen molar-refractivity contribution < 1.29 is 14.2 Å². The van der Waals surface area contributed by atoms with Gasteiger partial charge in [0.15, 0.2) is 11.5 Å². The fraction of sp³-hybridized carbons (Fsp3) is 0.647. The lowest BCUT2D eigenvalue weighted by atomic mass is 9.96. The van der Waals surface area contributed by atoms with Gasteiger partial charge in [-0.05, 0) is 37.4 Å². The highest BCUT2D eigenvalue weighted by atomic mass is 16.5. The Morgan fingerprint density at radius 1 is 0.952 bits per heavy atom. The van der Waals surface area contributed by atoms with E-state index < -0.39 is 0 Å². The van der Waals surface area contributed by atoms with Crippen LogP contribution in [0.25, 0.3) is 0 Å². The van der Waals surface area contributed by atoms with E-state index in [4.69, 9.17) is 14.2 Å². The van der Waals surface area contributed by atoms with Crippen LogP contribution < -0.4 is 19.5 Å². The van der Waals surface area contributed by atoms with Gasteiger partial charge >= 0.3 is 0 Å². The van der Waals surface area contributed by atoms with Crippen LogP contribution >= 0.6 is 0 Å². The van der Waals surface area contributed by atoms with Gasteiger partial charge in [0, 0.05) is 11.6 Å². The van der Waals surface area contributed by atoms with E-state index in [2.05, 4.69) is 32.2 Å². The predicted molar refractivity (Wildman–Crippen MR) is 86.6 cm³/mol. The molecule has 21 heavy (non-hydrogen) atoms. The lowest BCUT2D eigenvalue weighted by Crippen LogP contribution is -2.22. The predicted octanol–water partition coefficient (Wildman–Crippen LogP) is 3.80. The van der Waals surface area contributed by atoms with Crippen LogP contribution in [0.1, 0.15) is 45.2 Å². The van der Waals surface area contributed by atoms with E-state index in [1.54, 1.807) is 21.3 Å². The third-order valence-corrected chi connectivity index (χ3v) is 3.59. The van der Waals surface area contributed by atoms with Gasteiger partial charge < -0.3 is 19.5 Å². The average molecular weight is 295 g/mol. The second kappa shape index (κ2) is 8.78. The van der Waals surface area contributed by atoms with Crippen molar-refractivity contribution in [2.24, 2.45) is 5.92 Å². The number of rotatable bonds is 9. The summed E-state index contributed by atoms with van der Waals surface area (Å²) >= 11 is 0. The van der Waals surface area contributed by atoms with Gasteiger partial charge in [-0.2, -0.15) is 0 Å². The number of ether oxygens (including phenoxy) is 3. The van der Waals surface area contributed by atoms with Crippen molar-refractivity contribution in [3.05, 3.63) is 17.7 Å². The monoisotopic (exact) mass is 295 g/mol. The van der Waals surface area contributed by atoms with Gasteiger partial charge in [0.2, 0.25) is 5.75 Å². The molecule has 0 aliphatic heterocycles. The second-order valence-electron chi connectivity index (χ2n) is 5.51. The third kappa shape index (κ3) is 4.53. The number of methoxy groups -OCH3 is 3. The standard InChI is InChI=1S/C17H29NO3/c1-7-18-14(10-8-12(2)3)13-9-11-15(19-4)17(21-6)16(13)20-5/h9,11-12,14,18H,7-8,10H2,1-6H3. The Balaban J connectivity index is 3.17. The van der Waals surface area contributed by atoms with E-state index in [9.17, 15) is 0 Å². The Morgan fingerprint density at radius 3 is 2.10 bits per heavy atom. The largest absolute Gasteiger partial charge is 0.493 e. The molecule has 0 saturated heterocycles. The summed E-state index contributed by atoms with van der Waals surface area (Å²) in [7, 11) is 4.95. The maximum Gasteiger partial charge on any atom is 0.203 e. The maximum absolute atomic E-state index is 5.60. The number of benzene rings is 1. The van der Waals surface area contributed by atoms with Crippen molar-refractivity contribution in [1.82, 2.24) is 5.32 Å². The zero-order valence-electron chi connectivity index (χ0n) is 14.2. The first-order valence-electron chi connectivity index (χ1n) is 7.61. The van der Waals surface area contributed by atoms with Gasteiger partial charge in [-0.15, -0.1) is 0 Å². The minimum Gasteiger partial charge on any atom is -0.493 e. The molecule has 0 bridgehead atoms. The molecule has 0 radical (unpaired) electrons. The molecule has 120 valence electrons. The summed E-state index contributed by atoms with van der Waals surface area (Å²) < 4.78 is 16.4. The van der Waals surface area contributed by atoms with Crippen LogP contribution in [-0.4, -0.2) is 27.9 Å². The number of hydrogen-bond donors (Lipinski definition) is 1. The van der Waals surface area contributed by atoms with Gasteiger partial charge in [-0.3, -0.25) is 0 Å². The van der Waals surface area contributed by atoms with Crippen molar-refractivity contribution in [3.8, 4) is 17.2 Å². The van der Waals surface area contributed by atoms with Crippen molar-refractivity contribution in [2.75, 3.05) is 27.9 Å². The van der Waals surface area contributed by atoms with Gasteiger partial charge in [0.05, 0.1) is 21.3 Å². The fourth-order valence-electron chi connectivity index (χ4n) is 2.51. The first-order valence-corrected chi connectivity index (χ1v) is 7.61. The lowest BCUT2D eigenvalue weighted by Gasteiger charge is -2.23. The van der Waals surface area contributed by atoms with Crippen molar-refractivity contribution >= 4 is 0 Å². The Kier molecular flexibility index (Phi) is 7.37. The molecule has 1 aromatic rings. The Morgan fingerprint density at radius 2 is 1.62 bits per heavy atom. The minimum absolute atomic E-state index is 0.257. The van der Waals surface area contributed by atoms with Gasteiger partial charge in [-0.1, -0.05) is 20.8 Å². The van der Waals surface area contributed by atoms with E-state index in [0.29, 0.717) is 17.4 Å². The van der Waals surface area contributed by atoms with E-state index in [1.165, 1.54) is 0 Å². The van der Waals surface area contributed by atoms with Crippen LogP contribution in [0.15, 0.2) is 12.1 Å². The molecule has 0 aliphatic rings. The Bertz CT molecular complexity index is 432. The van der Waals surface area contributed by atoms with Crippen molar-refractivity contribution in [1.29, 1.82) is 0 Å². The molecule has 0 heterocycles. The molecule has 0 saturated carbocycles. The molecule has 4 heteroatoms. The first-order chi connectivity index (χ1) is 10.1. The van der Waals surface area contributed by atoms with Gasteiger partial charge in [0.25, 0.3) is 0 Å². The Labute approximate surface area is 128 Å². The molecule has 1 rings (SSSR count). The Hall–Kier alpha value is -1.42. The van der Waals surface area contributed by atoms with Crippen molar-refractivity contribution in [3.63, 3.8) is 0 Å². The van der Waals surface area contributed by atoms with Crippen LogP contribution in [0.4, 0.5) is 0 Å². The molecular weight excluding hydrogens is 266 g/mol. The molecule has 0 amide bonds. The van der Waals surface area contributed by atoms with E-state index >= 15 is 0 Å². The highest BCUT2D eigenvalue weighted by molar-refractivity contribution is 5.56. The zero-order chi connectivity index (χ0) is 15.8.